The van der Waals surface area contributed by atoms with Crippen molar-refractivity contribution in [2.24, 2.45) is 0 Å². The van der Waals surface area contributed by atoms with Crippen molar-refractivity contribution in [1.29, 1.82) is 0 Å². The zero-order valence-electron chi connectivity index (χ0n) is 12.2. The first kappa shape index (κ1) is 16.0. The molecule has 0 bridgehead atoms. The van der Waals surface area contributed by atoms with Gasteiger partial charge in [0.05, 0.1) is 5.75 Å². The van der Waals surface area contributed by atoms with Crippen molar-refractivity contribution in [2.45, 2.75) is 32.1 Å². The van der Waals surface area contributed by atoms with Gasteiger partial charge in [-0.05, 0) is 50.1 Å². The third-order valence-electron chi connectivity index (χ3n) is 3.02. The summed E-state index contributed by atoms with van der Waals surface area (Å²) in [6.07, 6.45) is 0.708. The minimum absolute atomic E-state index is 0.0267. The highest BCUT2D eigenvalue weighted by atomic mass is 32.2. The first-order valence-electron chi connectivity index (χ1n) is 6.74. The molecule has 1 unspecified atom stereocenters. The van der Waals surface area contributed by atoms with Gasteiger partial charge in [-0.3, -0.25) is 0 Å². The first-order chi connectivity index (χ1) is 9.84. The Bertz CT molecular complexity index is 691. The fourth-order valence-electron chi connectivity index (χ4n) is 2.12. The highest BCUT2D eigenvalue weighted by Crippen LogP contribution is 2.17. The van der Waals surface area contributed by atoms with Crippen molar-refractivity contribution in [3.63, 3.8) is 0 Å². The number of aryl methyl sites for hydroxylation is 1. The summed E-state index contributed by atoms with van der Waals surface area (Å²) in [5.41, 5.74) is 6.96. The maximum atomic E-state index is 12.2. The van der Waals surface area contributed by atoms with Crippen LogP contribution in [-0.4, -0.2) is 14.5 Å². The summed E-state index contributed by atoms with van der Waals surface area (Å²) in [5.74, 6) is -0.0267. The first-order valence-corrected chi connectivity index (χ1v) is 9.21. The summed E-state index contributed by atoms with van der Waals surface area (Å²) >= 11 is 1.70. The van der Waals surface area contributed by atoms with Gasteiger partial charge in [0.15, 0.2) is 0 Å². The van der Waals surface area contributed by atoms with Crippen LogP contribution in [0.3, 0.4) is 0 Å². The molecule has 0 fully saturated rings. The minimum Gasteiger partial charge on any atom is -0.399 e. The van der Waals surface area contributed by atoms with Gasteiger partial charge >= 0.3 is 0 Å². The highest BCUT2D eigenvalue weighted by molar-refractivity contribution is 7.88. The average molecular weight is 324 g/mol. The summed E-state index contributed by atoms with van der Waals surface area (Å²) in [6, 6.07) is 10.9. The van der Waals surface area contributed by atoms with Crippen LogP contribution in [0.15, 0.2) is 36.4 Å². The predicted molar refractivity (Wildman–Crippen MR) is 88.8 cm³/mol. The van der Waals surface area contributed by atoms with Gasteiger partial charge in [0.2, 0.25) is 10.0 Å². The van der Waals surface area contributed by atoms with Crippen LogP contribution in [0.25, 0.3) is 0 Å². The number of nitrogen functional groups attached to an aromatic ring is 1. The number of nitrogens with two attached hydrogens (primary N) is 1. The quantitative estimate of drug-likeness (QED) is 0.803. The summed E-state index contributed by atoms with van der Waals surface area (Å²) in [5, 5.41) is 0. The van der Waals surface area contributed by atoms with Crippen LogP contribution in [0, 0.1) is 6.92 Å². The van der Waals surface area contributed by atoms with Crippen molar-refractivity contribution < 1.29 is 8.42 Å². The van der Waals surface area contributed by atoms with E-state index in [1.54, 1.807) is 35.6 Å². The van der Waals surface area contributed by atoms with Crippen molar-refractivity contribution in [1.82, 2.24) is 4.72 Å². The summed E-state index contributed by atoms with van der Waals surface area (Å²) in [6.45, 7) is 3.93. The second kappa shape index (κ2) is 6.60. The monoisotopic (exact) mass is 324 g/mol. The molecular formula is C15H20N2O2S2. The molecule has 0 radical (unpaired) electrons. The lowest BCUT2D eigenvalue weighted by Gasteiger charge is -2.13. The summed E-state index contributed by atoms with van der Waals surface area (Å²) in [7, 11) is -3.35. The van der Waals surface area contributed by atoms with Crippen molar-refractivity contribution in [2.75, 3.05) is 5.73 Å². The van der Waals surface area contributed by atoms with E-state index >= 15 is 0 Å². The Morgan fingerprint density at radius 3 is 2.43 bits per heavy atom. The topological polar surface area (TPSA) is 72.2 Å². The third-order valence-corrected chi connectivity index (χ3v) is 5.52. The molecule has 1 atom stereocenters. The van der Waals surface area contributed by atoms with E-state index in [2.05, 4.69) is 10.8 Å². The molecule has 0 saturated heterocycles. The van der Waals surface area contributed by atoms with Crippen molar-refractivity contribution in [3.8, 4) is 0 Å². The maximum absolute atomic E-state index is 12.2. The molecule has 0 aliphatic heterocycles. The number of anilines is 1. The molecule has 0 amide bonds. The minimum atomic E-state index is -3.35. The Balaban J connectivity index is 1.95. The zero-order valence-corrected chi connectivity index (χ0v) is 13.8. The van der Waals surface area contributed by atoms with Crippen molar-refractivity contribution >= 4 is 27.0 Å². The van der Waals surface area contributed by atoms with E-state index in [-0.39, 0.29) is 11.8 Å². The summed E-state index contributed by atoms with van der Waals surface area (Å²) < 4.78 is 27.0. The largest absolute Gasteiger partial charge is 0.399 e. The van der Waals surface area contributed by atoms with Crippen LogP contribution in [0.5, 0.6) is 0 Å². The maximum Gasteiger partial charge on any atom is 0.216 e. The number of thiophene rings is 1. The van der Waals surface area contributed by atoms with Gasteiger partial charge in [0.25, 0.3) is 0 Å². The van der Waals surface area contributed by atoms with Gasteiger partial charge in [-0.1, -0.05) is 12.1 Å². The summed E-state index contributed by atoms with van der Waals surface area (Å²) in [4.78, 5) is 2.43. The third kappa shape index (κ3) is 5.15. The number of hydrogen-bond donors (Lipinski definition) is 2. The van der Waals surface area contributed by atoms with Crippen LogP contribution in [0.2, 0.25) is 0 Å². The number of benzene rings is 1. The SMILES string of the molecule is Cc1ccc(CC(C)NS(=O)(=O)Cc2ccc(N)cc2)s1. The lowest BCUT2D eigenvalue weighted by Crippen LogP contribution is -2.34. The van der Waals surface area contributed by atoms with E-state index in [1.807, 2.05) is 19.9 Å². The molecular weight excluding hydrogens is 304 g/mol. The van der Waals surface area contributed by atoms with E-state index in [0.29, 0.717) is 12.1 Å². The molecule has 2 aromatic rings. The van der Waals surface area contributed by atoms with Gasteiger partial charge in [-0.2, -0.15) is 0 Å². The zero-order chi connectivity index (χ0) is 15.5. The number of rotatable bonds is 6. The van der Waals surface area contributed by atoms with Gasteiger partial charge in [-0.15, -0.1) is 11.3 Å². The van der Waals surface area contributed by atoms with Crippen LogP contribution in [0.4, 0.5) is 5.69 Å². The van der Waals surface area contributed by atoms with Crippen LogP contribution >= 0.6 is 11.3 Å². The fourth-order valence-corrected chi connectivity index (χ4v) is 4.55. The molecule has 4 nitrogen and oxygen atoms in total. The Hall–Kier alpha value is -1.37. The normalized spacial score (nSPS) is 13.2. The van der Waals surface area contributed by atoms with E-state index in [4.69, 9.17) is 5.73 Å². The standard InChI is InChI=1S/C15H20N2O2S2/c1-11(9-15-8-3-12(2)20-15)17-21(18,19)10-13-4-6-14(16)7-5-13/h3-8,11,17H,9-10,16H2,1-2H3. The smallest absolute Gasteiger partial charge is 0.216 e. The molecule has 1 aromatic heterocycles. The lowest BCUT2D eigenvalue weighted by atomic mass is 10.2. The molecule has 1 aromatic carbocycles. The van der Waals surface area contributed by atoms with Crippen LogP contribution < -0.4 is 10.5 Å². The van der Waals surface area contributed by atoms with E-state index in [0.717, 1.165) is 5.56 Å². The van der Waals surface area contributed by atoms with Crippen LogP contribution in [0.1, 0.15) is 22.2 Å². The molecule has 2 rings (SSSR count). The molecule has 3 N–H and O–H groups in total. The molecule has 0 aliphatic carbocycles. The Labute approximate surface area is 130 Å². The van der Waals surface area contributed by atoms with E-state index < -0.39 is 10.0 Å². The second-order valence-corrected chi connectivity index (χ2v) is 8.36. The second-order valence-electron chi connectivity index (χ2n) is 5.24. The molecule has 114 valence electrons. The van der Waals surface area contributed by atoms with E-state index in [9.17, 15) is 8.42 Å². The molecule has 6 heteroatoms. The highest BCUT2D eigenvalue weighted by Gasteiger charge is 2.16. The molecule has 0 saturated carbocycles. The number of hydrogen-bond acceptors (Lipinski definition) is 4. The molecule has 0 aliphatic rings. The molecule has 0 spiro atoms. The molecule has 21 heavy (non-hydrogen) atoms. The Morgan fingerprint density at radius 1 is 1.19 bits per heavy atom. The predicted octanol–water partition coefficient (Wildman–Crippen LogP) is 2.69. The average Bonchev–Trinajstić information content (AvgIpc) is 2.76. The Morgan fingerprint density at radius 2 is 1.86 bits per heavy atom. The van der Waals surface area contributed by atoms with Gasteiger partial charge in [-0.25, -0.2) is 13.1 Å². The van der Waals surface area contributed by atoms with Gasteiger partial charge < -0.3 is 5.73 Å². The van der Waals surface area contributed by atoms with Gasteiger partial charge in [0.1, 0.15) is 0 Å². The fraction of sp³-hybridized carbons (Fsp3) is 0.333. The molecule has 1 heterocycles. The number of nitrogens with one attached hydrogen (secondary N) is 1. The van der Waals surface area contributed by atoms with E-state index in [1.165, 1.54) is 9.75 Å². The lowest BCUT2D eigenvalue weighted by molar-refractivity contribution is 0.560. The van der Waals surface area contributed by atoms with Crippen molar-refractivity contribution in [3.05, 3.63) is 51.7 Å². The van der Waals surface area contributed by atoms with Crippen LogP contribution in [-0.2, 0) is 22.2 Å². The van der Waals surface area contributed by atoms with Gasteiger partial charge in [0, 0.05) is 21.5 Å². The number of sulfonamides is 1. The Kier molecular flexibility index (Phi) is 5.03.